The number of rotatable bonds is 6. The van der Waals surface area contributed by atoms with Crippen molar-refractivity contribution in [1.82, 2.24) is 0 Å². The minimum absolute atomic E-state index is 0.0125. The predicted octanol–water partition coefficient (Wildman–Crippen LogP) is 5.24. The van der Waals surface area contributed by atoms with Gasteiger partial charge in [0.1, 0.15) is 5.82 Å². The Morgan fingerprint density at radius 3 is 2.35 bits per heavy atom. The van der Waals surface area contributed by atoms with Crippen LogP contribution in [0.4, 0.5) is 17.6 Å². The van der Waals surface area contributed by atoms with Crippen molar-refractivity contribution in [3.63, 3.8) is 0 Å². The summed E-state index contributed by atoms with van der Waals surface area (Å²) in [5.74, 6) is -1.94. The number of carbonyl (C=O) groups excluding carboxylic acids is 1. The van der Waals surface area contributed by atoms with E-state index < -0.39 is 17.6 Å². The lowest BCUT2D eigenvalue weighted by Crippen LogP contribution is -2.16. The van der Waals surface area contributed by atoms with Gasteiger partial charge in [-0.25, -0.2) is 4.39 Å². The minimum atomic E-state index is -4.74. The molecule has 1 atom stereocenters. The maximum absolute atomic E-state index is 13.5. The van der Waals surface area contributed by atoms with Crippen LogP contribution in [0.3, 0.4) is 0 Å². The monoisotopic (exact) mass is 290 g/mol. The lowest BCUT2D eigenvalue weighted by Gasteiger charge is -2.14. The lowest BCUT2D eigenvalue weighted by atomic mass is 9.90. The van der Waals surface area contributed by atoms with Crippen LogP contribution in [0.1, 0.15) is 55.5 Å². The molecule has 0 radical (unpaired) electrons. The summed E-state index contributed by atoms with van der Waals surface area (Å²) in [5.41, 5.74) is -1.32. The summed E-state index contributed by atoms with van der Waals surface area (Å²) in [6, 6.07) is 2.39. The highest BCUT2D eigenvalue weighted by atomic mass is 19.4. The summed E-state index contributed by atoms with van der Waals surface area (Å²) in [7, 11) is 0. The molecule has 0 aliphatic rings. The zero-order chi connectivity index (χ0) is 15.3. The quantitative estimate of drug-likeness (QED) is 0.517. The molecule has 1 rings (SSSR count). The van der Waals surface area contributed by atoms with Crippen LogP contribution >= 0.6 is 0 Å². The summed E-state index contributed by atoms with van der Waals surface area (Å²) in [6.45, 7) is 3.84. The van der Waals surface area contributed by atoms with Gasteiger partial charge in [0.2, 0.25) is 0 Å². The summed E-state index contributed by atoms with van der Waals surface area (Å²) in [6.07, 6.45) is -1.66. The van der Waals surface area contributed by atoms with E-state index in [-0.39, 0.29) is 17.3 Å². The van der Waals surface area contributed by atoms with Gasteiger partial charge in [0.25, 0.3) is 0 Å². The molecule has 0 saturated carbocycles. The number of unbranched alkanes of at least 4 members (excludes halogenated alkanes) is 1. The van der Waals surface area contributed by atoms with Gasteiger partial charge in [-0.05, 0) is 25.0 Å². The Bertz CT molecular complexity index is 465. The van der Waals surface area contributed by atoms with E-state index in [1.54, 1.807) is 0 Å². The van der Waals surface area contributed by atoms with Crippen molar-refractivity contribution in [2.24, 2.45) is 5.92 Å². The number of alkyl halides is 3. The number of benzene rings is 1. The second-order valence-electron chi connectivity index (χ2n) is 4.80. The van der Waals surface area contributed by atoms with Crippen LogP contribution in [-0.4, -0.2) is 5.78 Å². The van der Waals surface area contributed by atoms with Crippen LogP contribution in [0.5, 0.6) is 0 Å². The molecule has 0 heterocycles. The molecule has 0 bridgehead atoms. The molecule has 5 heteroatoms. The molecule has 0 amide bonds. The minimum Gasteiger partial charge on any atom is -0.294 e. The van der Waals surface area contributed by atoms with Gasteiger partial charge in [-0.15, -0.1) is 0 Å². The Labute approximate surface area is 116 Å². The van der Waals surface area contributed by atoms with Crippen molar-refractivity contribution in [3.05, 3.63) is 35.1 Å². The number of carbonyl (C=O) groups is 1. The molecule has 0 aliphatic heterocycles. The van der Waals surface area contributed by atoms with Crippen LogP contribution in [-0.2, 0) is 6.18 Å². The number of Topliss-reactive ketones (excluding diaryl/α,β-unsaturated/α-hetero) is 1. The number of hydrogen-bond donors (Lipinski definition) is 0. The van der Waals surface area contributed by atoms with Crippen LogP contribution in [0.25, 0.3) is 0 Å². The highest BCUT2D eigenvalue weighted by Gasteiger charge is 2.34. The molecule has 20 heavy (non-hydrogen) atoms. The molecule has 0 spiro atoms. The first-order valence-electron chi connectivity index (χ1n) is 6.72. The van der Waals surface area contributed by atoms with Crippen molar-refractivity contribution in [2.45, 2.75) is 45.7 Å². The molecular formula is C15H18F4O. The van der Waals surface area contributed by atoms with Gasteiger partial charge in [-0.1, -0.05) is 32.8 Å². The normalized spacial score (nSPS) is 13.3. The van der Waals surface area contributed by atoms with Crippen LogP contribution in [0.2, 0.25) is 0 Å². The summed E-state index contributed by atoms with van der Waals surface area (Å²) in [4.78, 5) is 12.1. The average Bonchev–Trinajstić information content (AvgIpc) is 2.37. The smallest absolute Gasteiger partial charge is 0.294 e. The number of ketones is 1. The fraction of sp³-hybridized carbons (Fsp3) is 0.533. The summed E-state index contributed by atoms with van der Waals surface area (Å²) >= 11 is 0. The van der Waals surface area contributed by atoms with Gasteiger partial charge in [-0.3, -0.25) is 4.79 Å². The van der Waals surface area contributed by atoms with E-state index in [1.807, 2.05) is 13.8 Å². The Morgan fingerprint density at radius 1 is 1.25 bits per heavy atom. The van der Waals surface area contributed by atoms with Crippen molar-refractivity contribution in [2.75, 3.05) is 0 Å². The van der Waals surface area contributed by atoms with Crippen LogP contribution in [0.15, 0.2) is 18.2 Å². The van der Waals surface area contributed by atoms with E-state index >= 15 is 0 Å². The van der Waals surface area contributed by atoms with E-state index in [0.29, 0.717) is 25.0 Å². The van der Waals surface area contributed by atoms with E-state index in [0.717, 1.165) is 18.9 Å². The molecule has 0 N–H and O–H groups in total. The molecule has 112 valence electrons. The molecule has 1 aromatic carbocycles. The molecule has 1 nitrogen and oxygen atoms in total. The molecule has 1 aromatic rings. The second kappa shape index (κ2) is 6.86. The third-order valence-electron chi connectivity index (χ3n) is 3.33. The predicted molar refractivity (Wildman–Crippen MR) is 69.0 cm³/mol. The van der Waals surface area contributed by atoms with Gasteiger partial charge >= 0.3 is 6.18 Å². The van der Waals surface area contributed by atoms with E-state index in [2.05, 4.69) is 0 Å². The Kier molecular flexibility index (Phi) is 5.72. The van der Waals surface area contributed by atoms with E-state index in [1.165, 1.54) is 0 Å². The number of hydrogen-bond acceptors (Lipinski definition) is 1. The topological polar surface area (TPSA) is 17.1 Å². The van der Waals surface area contributed by atoms with Gasteiger partial charge in [0, 0.05) is 11.5 Å². The fourth-order valence-electron chi connectivity index (χ4n) is 2.11. The van der Waals surface area contributed by atoms with Crippen LogP contribution < -0.4 is 0 Å². The van der Waals surface area contributed by atoms with Gasteiger partial charge in [0.05, 0.1) is 5.56 Å². The van der Waals surface area contributed by atoms with Gasteiger partial charge in [-0.2, -0.15) is 13.2 Å². The lowest BCUT2D eigenvalue weighted by molar-refractivity contribution is -0.140. The fourth-order valence-corrected chi connectivity index (χ4v) is 2.11. The highest BCUT2D eigenvalue weighted by Crippen LogP contribution is 2.32. The molecule has 0 saturated heterocycles. The SMILES string of the molecule is CCCCC(CC)C(=O)c1ccc(C(F)(F)F)c(F)c1. The Hall–Kier alpha value is -1.39. The third-order valence-corrected chi connectivity index (χ3v) is 3.33. The van der Waals surface area contributed by atoms with Crippen molar-refractivity contribution < 1.29 is 22.4 Å². The summed E-state index contributed by atoms with van der Waals surface area (Å²) in [5, 5.41) is 0. The number of halogens is 4. The molecular weight excluding hydrogens is 272 g/mol. The molecule has 0 aliphatic carbocycles. The van der Waals surface area contributed by atoms with E-state index in [9.17, 15) is 22.4 Å². The first kappa shape index (κ1) is 16.7. The first-order valence-corrected chi connectivity index (χ1v) is 6.72. The Morgan fingerprint density at radius 2 is 1.90 bits per heavy atom. The van der Waals surface area contributed by atoms with Crippen LogP contribution in [0, 0.1) is 11.7 Å². The molecule has 0 aromatic heterocycles. The van der Waals surface area contributed by atoms with Crippen molar-refractivity contribution in [3.8, 4) is 0 Å². The highest BCUT2D eigenvalue weighted by molar-refractivity contribution is 5.97. The maximum Gasteiger partial charge on any atom is 0.419 e. The maximum atomic E-state index is 13.5. The first-order chi connectivity index (χ1) is 9.31. The van der Waals surface area contributed by atoms with Gasteiger partial charge in [0.15, 0.2) is 5.78 Å². The Balaban J connectivity index is 2.97. The standard InChI is InChI=1S/C15H18F4O/c1-3-5-6-10(4-2)14(20)11-7-8-12(13(16)9-11)15(17,18)19/h7-10H,3-6H2,1-2H3. The average molecular weight is 290 g/mol. The largest absolute Gasteiger partial charge is 0.419 e. The third kappa shape index (κ3) is 4.05. The zero-order valence-electron chi connectivity index (χ0n) is 11.6. The molecule has 0 fully saturated rings. The summed E-state index contributed by atoms with van der Waals surface area (Å²) < 4.78 is 50.8. The van der Waals surface area contributed by atoms with E-state index in [4.69, 9.17) is 0 Å². The van der Waals surface area contributed by atoms with Gasteiger partial charge < -0.3 is 0 Å². The van der Waals surface area contributed by atoms with Crippen molar-refractivity contribution >= 4 is 5.78 Å². The molecule has 1 unspecified atom stereocenters. The zero-order valence-corrected chi connectivity index (χ0v) is 11.6. The van der Waals surface area contributed by atoms with Crippen molar-refractivity contribution in [1.29, 1.82) is 0 Å². The second-order valence-corrected chi connectivity index (χ2v) is 4.80.